The minimum absolute atomic E-state index is 1.12. The molecule has 0 saturated carbocycles. The van der Waals surface area contributed by atoms with Crippen molar-refractivity contribution in [1.82, 2.24) is 0 Å². The number of benzene rings is 8. The van der Waals surface area contributed by atoms with Gasteiger partial charge in [-0.2, -0.15) is 0 Å². The fraction of sp³-hybridized carbons (Fsp3) is 0.0213. The van der Waals surface area contributed by atoms with Crippen molar-refractivity contribution >= 4 is 50.8 Å². The molecule has 0 atom stereocenters. The van der Waals surface area contributed by atoms with Gasteiger partial charge < -0.3 is 4.90 Å². The molecule has 0 bridgehead atoms. The Labute approximate surface area is 282 Å². The number of fused-ring (bicyclic) bond motifs is 2. The highest BCUT2D eigenvalue weighted by molar-refractivity contribution is 6.09. The van der Waals surface area contributed by atoms with E-state index < -0.39 is 0 Å². The number of hydrogen-bond acceptors (Lipinski definition) is 1. The third-order valence-corrected chi connectivity index (χ3v) is 9.15. The quantitative estimate of drug-likeness (QED) is 0.162. The monoisotopic (exact) mass is 613 g/mol. The Bertz CT molecular complexity index is 2360. The lowest BCUT2D eigenvalue weighted by Gasteiger charge is -2.26. The van der Waals surface area contributed by atoms with Gasteiger partial charge in [-0.05, 0) is 98.2 Å². The first kappa shape index (κ1) is 29.2. The minimum Gasteiger partial charge on any atom is -0.311 e. The number of aryl methyl sites for hydroxylation is 1. The molecule has 0 aliphatic heterocycles. The third kappa shape index (κ3) is 5.79. The molecule has 0 heterocycles. The van der Waals surface area contributed by atoms with Crippen molar-refractivity contribution in [3.8, 4) is 22.3 Å². The van der Waals surface area contributed by atoms with Gasteiger partial charge in [-0.15, -0.1) is 0 Å². The zero-order chi connectivity index (χ0) is 32.3. The molecular weight excluding hydrogens is 579 g/mol. The SMILES string of the molecule is Cc1ccc(C=Cc2ccc(N(c3ccccc3)c3ccc(-c4ccc(-c5cccc6ccccc56)c5ccccc45)cc3)cc2)cc1. The summed E-state index contributed by atoms with van der Waals surface area (Å²) in [5.74, 6) is 0. The lowest BCUT2D eigenvalue weighted by atomic mass is 9.90. The van der Waals surface area contributed by atoms with E-state index in [9.17, 15) is 0 Å². The van der Waals surface area contributed by atoms with Crippen molar-refractivity contribution in [3.63, 3.8) is 0 Å². The molecule has 48 heavy (non-hydrogen) atoms. The van der Waals surface area contributed by atoms with Crippen LogP contribution >= 0.6 is 0 Å². The van der Waals surface area contributed by atoms with E-state index in [0.29, 0.717) is 0 Å². The molecule has 0 spiro atoms. The summed E-state index contributed by atoms with van der Waals surface area (Å²) in [6, 6.07) is 65.6. The second-order valence-corrected chi connectivity index (χ2v) is 12.3. The molecule has 0 fully saturated rings. The lowest BCUT2D eigenvalue weighted by molar-refractivity contribution is 1.28. The van der Waals surface area contributed by atoms with Crippen LogP contribution in [0.5, 0.6) is 0 Å². The standard InChI is InChI=1S/C47H35N/c1-34-18-20-35(21-19-34)22-23-36-24-28-40(29-25-36)48(39-12-3-2-4-13-39)41-30-26-38(27-31-41)43-32-33-47(46-16-8-7-15-44(43)46)45-17-9-11-37-10-5-6-14-42(37)45/h2-33H,1H3. The van der Waals surface area contributed by atoms with Crippen molar-refractivity contribution in [3.05, 3.63) is 199 Å². The molecule has 0 N–H and O–H groups in total. The molecule has 0 radical (unpaired) electrons. The fourth-order valence-corrected chi connectivity index (χ4v) is 6.66. The summed E-state index contributed by atoms with van der Waals surface area (Å²) in [6.45, 7) is 2.12. The lowest BCUT2D eigenvalue weighted by Crippen LogP contribution is -2.09. The maximum absolute atomic E-state index is 2.32. The van der Waals surface area contributed by atoms with Crippen molar-refractivity contribution < 1.29 is 0 Å². The molecule has 0 aliphatic carbocycles. The highest BCUT2D eigenvalue weighted by Gasteiger charge is 2.15. The molecule has 0 aliphatic rings. The number of nitrogens with zero attached hydrogens (tertiary/aromatic N) is 1. The van der Waals surface area contributed by atoms with Gasteiger partial charge in [0.15, 0.2) is 0 Å². The number of anilines is 3. The smallest absolute Gasteiger partial charge is 0.0462 e. The minimum atomic E-state index is 1.12. The van der Waals surface area contributed by atoms with E-state index in [4.69, 9.17) is 0 Å². The van der Waals surface area contributed by atoms with Crippen LogP contribution in [0.1, 0.15) is 16.7 Å². The van der Waals surface area contributed by atoms with E-state index in [-0.39, 0.29) is 0 Å². The van der Waals surface area contributed by atoms with E-state index in [1.54, 1.807) is 0 Å². The summed E-state index contributed by atoms with van der Waals surface area (Å²) in [4.78, 5) is 2.32. The predicted octanol–water partition coefficient (Wildman–Crippen LogP) is 13.3. The topological polar surface area (TPSA) is 3.24 Å². The first-order chi connectivity index (χ1) is 23.7. The van der Waals surface area contributed by atoms with Crippen LogP contribution in [0.25, 0.3) is 56.0 Å². The molecule has 8 rings (SSSR count). The second-order valence-electron chi connectivity index (χ2n) is 12.3. The number of hydrogen-bond donors (Lipinski definition) is 0. The molecule has 228 valence electrons. The van der Waals surface area contributed by atoms with Gasteiger partial charge in [-0.1, -0.05) is 163 Å². The summed E-state index contributed by atoms with van der Waals surface area (Å²) in [7, 11) is 0. The van der Waals surface area contributed by atoms with E-state index in [1.807, 2.05) is 0 Å². The Morgan fingerprint density at radius 3 is 1.52 bits per heavy atom. The summed E-state index contributed by atoms with van der Waals surface area (Å²) < 4.78 is 0. The largest absolute Gasteiger partial charge is 0.311 e. The third-order valence-electron chi connectivity index (χ3n) is 9.15. The van der Waals surface area contributed by atoms with Crippen LogP contribution in [0.4, 0.5) is 17.1 Å². The van der Waals surface area contributed by atoms with Crippen molar-refractivity contribution in [1.29, 1.82) is 0 Å². The van der Waals surface area contributed by atoms with Crippen LogP contribution in [0.15, 0.2) is 182 Å². The molecule has 8 aromatic rings. The van der Waals surface area contributed by atoms with Crippen molar-refractivity contribution in [2.45, 2.75) is 6.92 Å². The van der Waals surface area contributed by atoms with Crippen molar-refractivity contribution in [2.24, 2.45) is 0 Å². The Hall–Kier alpha value is -6.18. The Kier molecular flexibility index (Phi) is 7.86. The van der Waals surface area contributed by atoms with Crippen LogP contribution in [0.3, 0.4) is 0 Å². The van der Waals surface area contributed by atoms with Gasteiger partial charge >= 0.3 is 0 Å². The molecule has 0 unspecified atom stereocenters. The van der Waals surface area contributed by atoms with Gasteiger partial charge in [0.2, 0.25) is 0 Å². The second kappa shape index (κ2) is 12.9. The highest BCUT2D eigenvalue weighted by atomic mass is 15.1. The molecule has 0 aromatic heterocycles. The number of rotatable bonds is 7. The summed E-state index contributed by atoms with van der Waals surface area (Å²) in [5.41, 5.74) is 12.0. The van der Waals surface area contributed by atoms with Gasteiger partial charge in [-0.3, -0.25) is 0 Å². The molecule has 1 heteroatoms. The van der Waals surface area contributed by atoms with Crippen LogP contribution in [0.2, 0.25) is 0 Å². The molecule has 0 saturated heterocycles. The normalized spacial score (nSPS) is 11.4. The van der Waals surface area contributed by atoms with Crippen LogP contribution in [-0.2, 0) is 0 Å². The van der Waals surface area contributed by atoms with Gasteiger partial charge in [0, 0.05) is 17.1 Å². The average Bonchev–Trinajstić information content (AvgIpc) is 3.15. The van der Waals surface area contributed by atoms with E-state index >= 15 is 0 Å². The fourth-order valence-electron chi connectivity index (χ4n) is 6.66. The molecule has 0 amide bonds. The van der Waals surface area contributed by atoms with Crippen LogP contribution in [-0.4, -0.2) is 0 Å². The first-order valence-corrected chi connectivity index (χ1v) is 16.5. The van der Waals surface area contributed by atoms with Crippen LogP contribution < -0.4 is 4.90 Å². The molecule has 1 nitrogen and oxygen atoms in total. The van der Waals surface area contributed by atoms with Gasteiger partial charge in [0.25, 0.3) is 0 Å². The number of para-hydroxylation sites is 1. The van der Waals surface area contributed by atoms with Crippen LogP contribution in [0, 0.1) is 6.92 Å². The maximum Gasteiger partial charge on any atom is 0.0462 e. The summed E-state index contributed by atoms with van der Waals surface area (Å²) in [6.07, 6.45) is 4.34. The summed E-state index contributed by atoms with van der Waals surface area (Å²) in [5, 5.41) is 5.05. The van der Waals surface area contributed by atoms with Crippen molar-refractivity contribution in [2.75, 3.05) is 4.90 Å². The predicted molar refractivity (Wildman–Crippen MR) is 207 cm³/mol. The van der Waals surface area contributed by atoms with Gasteiger partial charge in [0.05, 0.1) is 0 Å². The molecular formula is C47H35N. The Morgan fingerprint density at radius 2 is 0.833 bits per heavy atom. The van der Waals surface area contributed by atoms with Gasteiger partial charge in [-0.25, -0.2) is 0 Å². The zero-order valence-corrected chi connectivity index (χ0v) is 26.9. The van der Waals surface area contributed by atoms with E-state index in [1.165, 1.54) is 60.5 Å². The first-order valence-electron chi connectivity index (χ1n) is 16.5. The van der Waals surface area contributed by atoms with E-state index in [0.717, 1.165) is 17.1 Å². The Balaban J connectivity index is 1.14. The van der Waals surface area contributed by atoms with Gasteiger partial charge in [0.1, 0.15) is 0 Å². The Morgan fingerprint density at radius 1 is 0.354 bits per heavy atom. The molecule has 8 aromatic carbocycles. The average molecular weight is 614 g/mol. The maximum atomic E-state index is 2.32. The highest BCUT2D eigenvalue weighted by Crippen LogP contribution is 2.40. The van der Waals surface area contributed by atoms with E-state index in [2.05, 4.69) is 206 Å². The summed E-state index contributed by atoms with van der Waals surface area (Å²) >= 11 is 0. The zero-order valence-electron chi connectivity index (χ0n) is 26.9.